The molecule has 1 N–H and O–H groups in total. The highest BCUT2D eigenvalue weighted by Gasteiger charge is 2.31. The summed E-state index contributed by atoms with van der Waals surface area (Å²) in [5.74, 6) is -0.702. The summed E-state index contributed by atoms with van der Waals surface area (Å²) in [5, 5.41) is 10.6. The van der Waals surface area contributed by atoms with Gasteiger partial charge in [-0.1, -0.05) is 18.2 Å². The first-order chi connectivity index (χ1) is 14.8. The molecule has 4 aromatic rings. The summed E-state index contributed by atoms with van der Waals surface area (Å²) in [4.78, 5) is 12.1. The number of fused-ring (bicyclic) bond motifs is 1. The van der Waals surface area contributed by atoms with E-state index in [9.17, 15) is 23.1 Å². The number of furan rings is 1. The topological polar surface area (TPSA) is 73.8 Å². The molecule has 9 heteroatoms. The van der Waals surface area contributed by atoms with E-state index in [0.29, 0.717) is 22.6 Å². The molecule has 0 radical (unpaired) electrons. The zero-order chi connectivity index (χ0) is 22.0. The predicted molar refractivity (Wildman–Crippen MR) is 105 cm³/mol. The standard InChI is InChI=1S/C22H16F3NO5/c23-22(24,25)31-15-9-7-14(8-10-15)29-13-11-26-17-5-2-1-4-16(17)19(20(26)21(27)28)18-6-3-12-30-18/h1-10,12H,11,13H2,(H,27,28). The van der Waals surface area contributed by atoms with E-state index in [2.05, 4.69) is 4.74 Å². The SMILES string of the molecule is O=C(O)c1c(-c2ccco2)c2ccccc2n1CCOc1ccc(OC(F)(F)F)cc1. The first-order valence-corrected chi connectivity index (χ1v) is 9.20. The minimum Gasteiger partial charge on any atom is -0.492 e. The van der Waals surface area contributed by atoms with Crippen molar-refractivity contribution in [1.82, 2.24) is 4.57 Å². The third-order valence-corrected chi connectivity index (χ3v) is 4.58. The number of aromatic nitrogens is 1. The van der Waals surface area contributed by atoms with E-state index in [1.165, 1.54) is 18.4 Å². The number of carbonyl (C=O) groups is 1. The second-order valence-electron chi connectivity index (χ2n) is 6.54. The summed E-state index contributed by atoms with van der Waals surface area (Å²) >= 11 is 0. The molecule has 2 aromatic heterocycles. The molecule has 4 rings (SSSR count). The molecular formula is C22H16F3NO5. The van der Waals surface area contributed by atoms with Crippen LogP contribution in [0.25, 0.3) is 22.2 Å². The van der Waals surface area contributed by atoms with Gasteiger partial charge in [-0.25, -0.2) is 4.79 Å². The Balaban J connectivity index is 1.58. The number of benzene rings is 2. The molecule has 2 aromatic carbocycles. The summed E-state index contributed by atoms with van der Waals surface area (Å²) in [6.45, 7) is 0.291. The highest BCUT2D eigenvalue weighted by Crippen LogP contribution is 2.35. The fourth-order valence-corrected chi connectivity index (χ4v) is 3.42. The Morgan fingerprint density at radius 3 is 2.35 bits per heavy atom. The van der Waals surface area contributed by atoms with Crippen molar-refractivity contribution in [3.63, 3.8) is 0 Å². The van der Waals surface area contributed by atoms with E-state index < -0.39 is 12.3 Å². The van der Waals surface area contributed by atoms with E-state index in [1.54, 1.807) is 28.8 Å². The summed E-state index contributed by atoms with van der Waals surface area (Å²) in [6, 6.07) is 15.6. The summed E-state index contributed by atoms with van der Waals surface area (Å²) in [6.07, 6.45) is -3.29. The monoisotopic (exact) mass is 431 g/mol. The molecule has 0 aliphatic rings. The van der Waals surface area contributed by atoms with Gasteiger partial charge in [0, 0.05) is 10.9 Å². The molecule has 0 atom stereocenters. The van der Waals surface area contributed by atoms with Gasteiger partial charge in [0.05, 0.1) is 18.4 Å². The maximum Gasteiger partial charge on any atom is 0.573 e. The lowest BCUT2D eigenvalue weighted by atomic mass is 10.1. The molecule has 0 aliphatic heterocycles. The van der Waals surface area contributed by atoms with Gasteiger partial charge in [0.1, 0.15) is 29.6 Å². The van der Waals surface area contributed by atoms with Crippen LogP contribution in [0.15, 0.2) is 71.3 Å². The number of hydrogen-bond acceptors (Lipinski definition) is 4. The average Bonchev–Trinajstić information content (AvgIpc) is 3.34. The molecule has 0 bridgehead atoms. The number of carboxylic acids is 1. The highest BCUT2D eigenvalue weighted by atomic mass is 19.4. The van der Waals surface area contributed by atoms with Crippen molar-refractivity contribution in [1.29, 1.82) is 0 Å². The van der Waals surface area contributed by atoms with Crippen LogP contribution in [-0.4, -0.2) is 28.6 Å². The van der Waals surface area contributed by atoms with Crippen LogP contribution >= 0.6 is 0 Å². The van der Waals surface area contributed by atoms with Crippen LogP contribution in [0.2, 0.25) is 0 Å². The number of carboxylic acid groups (broad SMARTS) is 1. The number of aromatic carboxylic acids is 1. The highest BCUT2D eigenvalue weighted by molar-refractivity contribution is 6.07. The number of nitrogens with zero attached hydrogens (tertiary/aromatic N) is 1. The fourth-order valence-electron chi connectivity index (χ4n) is 3.42. The zero-order valence-corrected chi connectivity index (χ0v) is 15.9. The lowest BCUT2D eigenvalue weighted by Crippen LogP contribution is -2.17. The maximum absolute atomic E-state index is 12.3. The summed E-state index contributed by atoms with van der Waals surface area (Å²) < 4.78 is 53.3. The zero-order valence-electron chi connectivity index (χ0n) is 15.9. The molecular weight excluding hydrogens is 415 g/mol. The van der Waals surface area contributed by atoms with Gasteiger partial charge in [0.15, 0.2) is 0 Å². The lowest BCUT2D eigenvalue weighted by molar-refractivity contribution is -0.274. The molecule has 0 spiro atoms. The average molecular weight is 431 g/mol. The molecule has 31 heavy (non-hydrogen) atoms. The largest absolute Gasteiger partial charge is 0.573 e. The van der Waals surface area contributed by atoms with Crippen molar-refractivity contribution in [2.45, 2.75) is 12.9 Å². The van der Waals surface area contributed by atoms with Gasteiger partial charge in [-0.2, -0.15) is 0 Å². The van der Waals surface area contributed by atoms with Crippen molar-refractivity contribution in [3.05, 3.63) is 72.6 Å². The van der Waals surface area contributed by atoms with Crippen LogP contribution < -0.4 is 9.47 Å². The normalized spacial score (nSPS) is 11.6. The first-order valence-electron chi connectivity index (χ1n) is 9.20. The van der Waals surface area contributed by atoms with Crippen molar-refractivity contribution in [2.24, 2.45) is 0 Å². The van der Waals surface area contributed by atoms with Crippen molar-refractivity contribution in [2.75, 3.05) is 6.61 Å². The molecule has 0 fully saturated rings. The number of halogens is 3. The molecule has 0 amide bonds. The molecule has 160 valence electrons. The smallest absolute Gasteiger partial charge is 0.492 e. The molecule has 2 heterocycles. The van der Waals surface area contributed by atoms with Gasteiger partial charge in [0.25, 0.3) is 0 Å². The van der Waals surface area contributed by atoms with Crippen LogP contribution in [0, 0.1) is 0 Å². The van der Waals surface area contributed by atoms with Gasteiger partial charge in [-0.15, -0.1) is 13.2 Å². The minimum atomic E-state index is -4.77. The van der Waals surface area contributed by atoms with Gasteiger partial charge in [-0.3, -0.25) is 0 Å². The van der Waals surface area contributed by atoms with Crippen LogP contribution in [-0.2, 0) is 6.54 Å². The second-order valence-corrected chi connectivity index (χ2v) is 6.54. The van der Waals surface area contributed by atoms with Crippen molar-refractivity contribution < 1.29 is 37.0 Å². The third-order valence-electron chi connectivity index (χ3n) is 4.58. The Morgan fingerprint density at radius 1 is 1.00 bits per heavy atom. The fraction of sp³-hybridized carbons (Fsp3) is 0.136. The number of alkyl halides is 3. The summed E-state index contributed by atoms with van der Waals surface area (Å²) in [5.41, 5.74) is 1.24. The Morgan fingerprint density at radius 2 is 1.71 bits per heavy atom. The Labute approximate surface area is 174 Å². The van der Waals surface area contributed by atoms with Gasteiger partial charge >= 0.3 is 12.3 Å². The number of rotatable bonds is 7. The van der Waals surface area contributed by atoms with E-state index in [1.807, 2.05) is 12.1 Å². The molecule has 0 saturated carbocycles. The lowest BCUT2D eigenvalue weighted by Gasteiger charge is -2.12. The Kier molecular flexibility index (Phi) is 5.33. The van der Waals surface area contributed by atoms with Crippen LogP contribution in [0.5, 0.6) is 11.5 Å². The maximum atomic E-state index is 12.3. The van der Waals surface area contributed by atoms with Crippen LogP contribution in [0.3, 0.4) is 0 Å². The molecule has 0 saturated heterocycles. The number of para-hydroxylation sites is 1. The van der Waals surface area contributed by atoms with E-state index in [0.717, 1.165) is 17.5 Å². The summed E-state index contributed by atoms with van der Waals surface area (Å²) in [7, 11) is 0. The van der Waals surface area contributed by atoms with E-state index in [4.69, 9.17) is 9.15 Å². The van der Waals surface area contributed by atoms with Crippen molar-refractivity contribution >= 4 is 16.9 Å². The van der Waals surface area contributed by atoms with E-state index >= 15 is 0 Å². The van der Waals surface area contributed by atoms with Crippen LogP contribution in [0.4, 0.5) is 13.2 Å². The van der Waals surface area contributed by atoms with E-state index in [-0.39, 0.29) is 24.6 Å². The number of hydrogen-bond donors (Lipinski definition) is 1. The van der Waals surface area contributed by atoms with Crippen molar-refractivity contribution in [3.8, 4) is 22.8 Å². The molecule has 6 nitrogen and oxygen atoms in total. The quantitative estimate of drug-likeness (QED) is 0.414. The molecule has 0 unspecified atom stereocenters. The van der Waals surface area contributed by atoms with Gasteiger partial charge < -0.3 is 23.6 Å². The first kappa shape index (κ1) is 20.4. The Bertz CT molecular complexity index is 1190. The Hall–Kier alpha value is -3.88. The van der Waals surface area contributed by atoms with Gasteiger partial charge in [0.2, 0.25) is 0 Å². The third kappa shape index (κ3) is 4.35. The van der Waals surface area contributed by atoms with Gasteiger partial charge in [-0.05, 0) is 42.5 Å². The molecule has 0 aliphatic carbocycles. The minimum absolute atomic E-state index is 0.0636. The number of ether oxygens (including phenoxy) is 2. The predicted octanol–water partition coefficient (Wildman–Crippen LogP) is 5.58. The second kappa shape index (κ2) is 8.10. The van der Waals surface area contributed by atoms with Crippen LogP contribution in [0.1, 0.15) is 10.5 Å².